The van der Waals surface area contributed by atoms with Crippen LogP contribution in [0.15, 0.2) is 71.8 Å². The highest BCUT2D eigenvalue weighted by Gasteiger charge is 2.24. The molecule has 0 fully saturated rings. The third-order valence-corrected chi connectivity index (χ3v) is 7.65. The maximum atomic E-state index is 13.4. The number of nitrogens with zero attached hydrogens (tertiary/aromatic N) is 2. The van der Waals surface area contributed by atoms with Gasteiger partial charge < -0.3 is 5.43 Å². The average Bonchev–Trinajstić information content (AvgIpc) is 2.85. The van der Waals surface area contributed by atoms with Gasteiger partial charge in [0.05, 0.1) is 16.1 Å². The second-order valence-corrected chi connectivity index (χ2v) is 10.4. The van der Waals surface area contributed by atoms with E-state index in [1.165, 1.54) is 49.4 Å². The number of hydrogen-bond acceptors (Lipinski definition) is 4. The lowest BCUT2D eigenvalue weighted by Crippen LogP contribution is -2.37. The summed E-state index contributed by atoms with van der Waals surface area (Å²) in [5, 5.41) is 0.971. The zero-order valence-corrected chi connectivity index (χ0v) is 20.6. The van der Waals surface area contributed by atoms with Crippen LogP contribution in [-0.4, -0.2) is 24.4 Å². The van der Waals surface area contributed by atoms with Crippen LogP contribution >= 0.6 is 0 Å². The number of unbranched alkanes of at least 4 members (excludes halogenated alkanes) is 9. The van der Waals surface area contributed by atoms with Crippen LogP contribution in [0.25, 0.3) is 10.9 Å². The van der Waals surface area contributed by atoms with E-state index in [0.717, 1.165) is 30.2 Å². The standard InChI is InChI=1S/C27H37N3O2S/c1-2-3-4-5-6-7-8-9-10-14-23-30(33(31,32)25-19-12-11-13-20-25)29-26-21-15-17-24-18-16-22-28-27(24)26/h11-13,15-22,29H,2-10,14,23H2,1H3. The topological polar surface area (TPSA) is 62.3 Å². The van der Waals surface area contributed by atoms with Crippen LogP contribution in [0, 0.1) is 0 Å². The number of rotatable bonds is 15. The zero-order chi connectivity index (χ0) is 23.4. The van der Waals surface area contributed by atoms with E-state index >= 15 is 0 Å². The summed E-state index contributed by atoms with van der Waals surface area (Å²) < 4.78 is 28.2. The van der Waals surface area contributed by atoms with Crippen LogP contribution in [0.2, 0.25) is 0 Å². The number of aromatic nitrogens is 1. The third-order valence-electron chi connectivity index (χ3n) is 5.92. The molecule has 178 valence electrons. The molecule has 3 rings (SSSR count). The minimum atomic E-state index is -3.68. The van der Waals surface area contributed by atoms with Crippen molar-refractivity contribution in [2.24, 2.45) is 0 Å². The van der Waals surface area contributed by atoms with Gasteiger partial charge in [0.2, 0.25) is 0 Å². The molecule has 33 heavy (non-hydrogen) atoms. The first-order chi connectivity index (χ1) is 16.1. The Balaban J connectivity index is 1.62. The first-order valence-electron chi connectivity index (χ1n) is 12.3. The van der Waals surface area contributed by atoms with E-state index in [9.17, 15) is 8.42 Å². The van der Waals surface area contributed by atoms with Crippen molar-refractivity contribution in [3.8, 4) is 0 Å². The van der Waals surface area contributed by atoms with Gasteiger partial charge in [0, 0.05) is 18.1 Å². The molecule has 0 saturated carbocycles. The highest BCUT2D eigenvalue weighted by atomic mass is 32.2. The molecule has 1 N–H and O–H groups in total. The number of nitrogens with one attached hydrogen (secondary N) is 1. The Labute approximate surface area is 199 Å². The molecule has 0 saturated heterocycles. The van der Waals surface area contributed by atoms with Crippen molar-refractivity contribution in [3.63, 3.8) is 0 Å². The van der Waals surface area contributed by atoms with Crippen molar-refractivity contribution in [2.45, 2.75) is 76.0 Å². The summed E-state index contributed by atoms with van der Waals surface area (Å²) in [6.07, 6.45) is 13.8. The van der Waals surface area contributed by atoms with Crippen molar-refractivity contribution in [3.05, 3.63) is 66.9 Å². The van der Waals surface area contributed by atoms with Gasteiger partial charge >= 0.3 is 0 Å². The van der Waals surface area contributed by atoms with Crippen LogP contribution in [0.4, 0.5) is 5.69 Å². The van der Waals surface area contributed by atoms with Crippen LogP contribution in [0.3, 0.4) is 0 Å². The largest absolute Gasteiger partial charge is 0.303 e. The Bertz CT molecular complexity index is 1070. The summed E-state index contributed by atoms with van der Waals surface area (Å²) in [5.41, 5.74) is 4.63. The van der Waals surface area contributed by atoms with Gasteiger partial charge in [0.1, 0.15) is 0 Å². The lowest BCUT2D eigenvalue weighted by atomic mass is 10.1. The predicted molar refractivity (Wildman–Crippen MR) is 138 cm³/mol. The molecule has 0 amide bonds. The van der Waals surface area contributed by atoms with Gasteiger partial charge in [-0.25, -0.2) is 8.42 Å². The smallest absolute Gasteiger partial charge is 0.259 e. The normalized spacial score (nSPS) is 11.8. The van der Waals surface area contributed by atoms with Crippen LogP contribution in [0.1, 0.15) is 71.1 Å². The maximum Gasteiger partial charge on any atom is 0.259 e. The molecule has 0 aliphatic heterocycles. The summed E-state index contributed by atoms with van der Waals surface area (Å²) in [5.74, 6) is 0. The van der Waals surface area contributed by atoms with Gasteiger partial charge in [0.25, 0.3) is 10.0 Å². The molecule has 0 unspecified atom stereocenters. The van der Waals surface area contributed by atoms with Gasteiger partial charge in [-0.1, -0.05) is 101 Å². The van der Waals surface area contributed by atoms with E-state index in [2.05, 4.69) is 17.3 Å². The van der Waals surface area contributed by atoms with Gasteiger partial charge in [-0.05, 0) is 30.7 Å². The Morgan fingerprint density at radius 2 is 1.39 bits per heavy atom. The summed E-state index contributed by atoms with van der Waals surface area (Å²) >= 11 is 0. The zero-order valence-electron chi connectivity index (χ0n) is 19.7. The Morgan fingerprint density at radius 1 is 0.758 bits per heavy atom. The number of benzene rings is 2. The SMILES string of the molecule is CCCCCCCCCCCCN(Nc1cccc2cccnc12)S(=O)(=O)c1ccccc1. The highest BCUT2D eigenvalue weighted by Crippen LogP contribution is 2.24. The van der Waals surface area contributed by atoms with Crippen molar-refractivity contribution in [2.75, 3.05) is 12.0 Å². The van der Waals surface area contributed by atoms with E-state index in [-0.39, 0.29) is 4.90 Å². The predicted octanol–water partition coefficient (Wildman–Crippen LogP) is 7.17. The van der Waals surface area contributed by atoms with Gasteiger partial charge in [-0.15, -0.1) is 4.41 Å². The van der Waals surface area contributed by atoms with Gasteiger partial charge in [0.15, 0.2) is 0 Å². The molecule has 2 aromatic carbocycles. The van der Waals surface area contributed by atoms with Crippen molar-refractivity contribution < 1.29 is 8.42 Å². The van der Waals surface area contributed by atoms with E-state index in [1.807, 2.05) is 36.4 Å². The monoisotopic (exact) mass is 467 g/mol. The number of hydrogen-bond donors (Lipinski definition) is 1. The summed E-state index contributed by atoms with van der Waals surface area (Å²) in [6, 6.07) is 18.3. The van der Waals surface area contributed by atoms with Crippen LogP contribution in [0.5, 0.6) is 0 Å². The second kappa shape index (κ2) is 13.3. The summed E-state index contributed by atoms with van der Waals surface area (Å²) in [4.78, 5) is 4.75. The van der Waals surface area contributed by atoms with Gasteiger partial charge in [-0.2, -0.15) is 0 Å². The molecule has 1 heterocycles. The molecule has 6 heteroatoms. The maximum absolute atomic E-state index is 13.4. The quantitative estimate of drug-likeness (QED) is 0.190. The molecule has 0 spiro atoms. The number of anilines is 1. The number of pyridine rings is 1. The number of sulfonamides is 1. The highest BCUT2D eigenvalue weighted by molar-refractivity contribution is 7.89. The third kappa shape index (κ3) is 7.54. The molecule has 0 aliphatic carbocycles. The van der Waals surface area contributed by atoms with Crippen molar-refractivity contribution >= 4 is 26.6 Å². The molecule has 0 bridgehead atoms. The minimum Gasteiger partial charge on any atom is -0.303 e. The number of para-hydroxylation sites is 1. The Hall–Kier alpha value is -2.44. The second-order valence-electron chi connectivity index (χ2n) is 8.56. The van der Waals surface area contributed by atoms with Crippen LogP contribution < -0.4 is 5.43 Å². The average molecular weight is 468 g/mol. The molecule has 3 aromatic rings. The molecule has 0 atom stereocenters. The fourth-order valence-electron chi connectivity index (χ4n) is 4.03. The number of fused-ring (bicyclic) bond motifs is 1. The van der Waals surface area contributed by atoms with Gasteiger partial charge in [-0.3, -0.25) is 4.98 Å². The van der Waals surface area contributed by atoms with E-state index in [1.54, 1.807) is 30.5 Å². The van der Waals surface area contributed by atoms with E-state index in [4.69, 9.17) is 0 Å². The fraction of sp³-hybridized carbons (Fsp3) is 0.444. The molecule has 1 aromatic heterocycles. The van der Waals surface area contributed by atoms with E-state index < -0.39 is 10.0 Å². The first kappa shape index (κ1) is 25.2. The Kier molecular flexibility index (Phi) is 10.2. The molecular formula is C27H37N3O2S. The molecule has 0 aliphatic rings. The van der Waals surface area contributed by atoms with Crippen molar-refractivity contribution in [1.29, 1.82) is 0 Å². The number of hydrazine groups is 1. The molecule has 5 nitrogen and oxygen atoms in total. The fourth-order valence-corrected chi connectivity index (χ4v) is 5.37. The van der Waals surface area contributed by atoms with Crippen molar-refractivity contribution in [1.82, 2.24) is 9.40 Å². The summed E-state index contributed by atoms with van der Waals surface area (Å²) in [6.45, 7) is 2.66. The summed E-state index contributed by atoms with van der Waals surface area (Å²) in [7, 11) is -3.68. The molecule has 0 radical (unpaired) electrons. The Morgan fingerprint density at radius 3 is 2.09 bits per heavy atom. The lowest BCUT2D eigenvalue weighted by molar-refractivity contribution is 0.443. The minimum absolute atomic E-state index is 0.290. The lowest BCUT2D eigenvalue weighted by Gasteiger charge is -2.24. The molecular weight excluding hydrogens is 430 g/mol. The van der Waals surface area contributed by atoms with Crippen LogP contribution in [-0.2, 0) is 10.0 Å². The first-order valence-corrected chi connectivity index (χ1v) is 13.7. The van der Waals surface area contributed by atoms with E-state index in [0.29, 0.717) is 12.2 Å².